The van der Waals surface area contributed by atoms with Crippen LogP contribution in [0.15, 0.2) is 42.6 Å². The normalized spacial score (nSPS) is 15.1. The molecule has 7 heteroatoms. The number of para-hydroxylation sites is 1. The Morgan fingerprint density at radius 1 is 1.19 bits per heavy atom. The second-order valence-corrected chi connectivity index (χ2v) is 7.48. The average molecular weight is 382 g/mol. The van der Waals surface area contributed by atoms with Crippen molar-refractivity contribution in [2.45, 2.75) is 6.42 Å². The fraction of sp³-hybridized carbons (Fsp3) is 0.350. The highest BCUT2D eigenvalue weighted by Gasteiger charge is 2.17. The van der Waals surface area contributed by atoms with Gasteiger partial charge >= 0.3 is 0 Å². The summed E-state index contributed by atoms with van der Waals surface area (Å²) in [4.78, 5) is 24.1. The number of amides is 1. The summed E-state index contributed by atoms with van der Waals surface area (Å²) in [6, 6.07) is 11.6. The third-order valence-corrected chi connectivity index (χ3v) is 5.63. The molecule has 1 amide bonds. The zero-order valence-electron chi connectivity index (χ0n) is 15.1. The number of ether oxygens (including phenoxy) is 1. The van der Waals surface area contributed by atoms with Crippen LogP contribution in [0.25, 0.3) is 20.9 Å². The predicted octanol–water partition coefficient (Wildman–Crippen LogP) is 2.81. The van der Waals surface area contributed by atoms with Gasteiger partial charge in [0, 0.05) is 25.8 Å². The highest BCUT2D eigenvalue weighted by Crippen LogP contribution is 2.30. The molecule has 1 aliphatic heterocycles. The summed E-state index contributed by atoms with van der Waals surface area (Å²) in [5.41, 5.74) is 2.15. The maximum Gasteiger partial charge on any atom is 0.253 e. The van der Waals surface area contributed by atoms with Crippen LogP contribution in [-0.4, -0.2) is 60.2 Å². The lowest BCUT2D eigenvalue weighted by molar-refractivity contribution is 0.0374. The summed E-state index contributed by atoms with van der Waals surface area (Å²) in [5.74, 6) is -0.0978. The van der Waals surface area contributed by atoms with E-state index >= 15 is 0 Å². The Morgan fingerprint density at radius 2 is 2.04 bits per heavy atom. The first-order chi connectivity index (χ1) is 13.3. The van der Waals surface area contributed by atoms with Gasteiger partial charge in [0.15, 0.2) is 0 Å². The first-order valence-electron chi connectivity index (χ1n) is 9.20. The average Bonchev–Trinajstić information content (AvgIpc) is 3.16. The fourth-order valence-electron chi connectivity index (χ4n) is 3.16. The van der Waals surface area contributed by atoms with Gasteiger partial charge in [-0.25, -0.2) is 4.98 Å². The van der Waals surface area contributed by atoms with Crippen LogP contribution < -0.4 is 5.32 Å². The molecule has 6 nitrogen and oxygen atoms in total. The van der Waals surface area contributed by atoms with E-state index in [1.165, 1.54) is 0 Å². The zero-order valence-corrected chi connectivity index (χ0v) is 15.9. The van der Waals surface area contributed by atoms with E-state index in [-0.39, 0.29) is 5.91 Å². The Balaban J connectivity index is 1.41. The lowest BCUT2D eigenvalue weighted by Crippen LogP contribution is -2.38. The molecule has 1 aromatic carbocycles. The van der Waals surface area contributed by atoms with Gasteiger partial charge in [-0.05, 0) is 37.2 Å². The summed E-state index contributed by atoms with van der Waals surface area (Å²) in [6.45, 7) is 5.16. The number of morpholine rings is 1. The van der Waals surface area contributed by atoms with Crippen LogP contribution in [0.2, 0.25) is 0 Å². The van der Waals surface area contributed by atoms with Crippen molar-refractivity contribution in [1.82, 2.24) is 20.2 Å². The lowest BCUT2D eigenvalue weighted by atomic mass is 10.2. The smallest absolute Gasteiger partial charge is 0.253 e. The van der Waals surface area contributed by atoms with Gasteiger partial charge < -0.3 is 10.1 Å². The van der Waals surface area contributed by atoms with Gasteiger partial charge in [-0.2, -0.15) is 0 Å². The van der Waals surface area contributed by atoms with Gasteiger partial charge in [-0.15, -0.1) is 11.3 Å². The minimum Gasteiger partial charge on any atom is -0.379 e. The molecule has 0 unspecified atom stereocenters. The molecule has 0 aliphatic carbocycles. The number of rotatable bonds is 6. The van der Waals surface area contributed by atoms with Gasteiger partial charge in [0.25, 0.3) is 5.91 Å². The number of hydrogen-bond donors (Lipinski definition) is 1. The molecular weight excluding hydrogens is 360 g/mol. The maximum absolute atomic E-state index is 12.7. The summed E-state index contributed by atoms with van der Waals surface area (Å²) in [5, 5.41) is 3.80. The van der Waals surface area contributed by atoms with Crippen molar-refractivity contribution in [3.8, 4) is 10.7 Å². The van der Waals surface area contributed by atoms with E-state index in [0.717, 1.165) is 54.5 Å². The van der Waals surface area contributed by atoms with Crippen LogP contribution in [0.3, 0.4) is 0 Å². The Labute approximate surface area is 162 Å². The minimum atomic E-state index is -0.0978. The number of carbonyl (C=O) groups excluding carboxylic acids is 1. The standard InChI is InChI=1S/C20H22N4O2S/c25-19(22-9-4-10-24-11-13-26-14-12-24)15-5-3-8-21-18(15)20-23-16-6-1-2-7-17(16)27-20/h1-3,5-8H,4,9-14H2,(H,22,25). The van der Waals surface area contributed by atoms with Crippen molar-refractivity contribution in [1.29, 1.82) is 0 Å². The summed E-state index contributed by atoms with van der Waals surface area (Å²) in [7, 11) is 0. The predicted molar refractivity (Wildman–Crippen MR) is 107 cm³/mol. The number of aromatic nitrogens is 2. The molecule has 0 atom stereocenters. The van der Waals surface area contributed by atoms with Crippen molar-refractivity contribution >= 4 is 27.5 Å². The zero-order chi connectivity index (χ0) is 18.5. The Bertz CT molecular complexity index is 888. The maximum atomic E-state index is 12.7. The van der Waals surface area contributed by atoms with Crippen molar-refractivity contribution in [2.24, 2.45) is 0 Å². The molecule has 0 saturated carbocycles. The van der Waals surface area contributed by atoms with E-state index in [1.54, 1.807) is 23.6 Å². The number of carbonyl (C=O) groups is 1. The summed E-state index contributed by atoms with van der Waals surface area (Å²) in [6.07, 6.45) is 2.62. The second kappa shape index (κ2) is 8.56. The summed E-state index contributed by atoms with van der Waals surface area (Å²) >= 11 is 1.56. The van der Waals surface area contributed by atoms with Crippen molar-refractivity contribution < 1.29 is 9.53 Å². The van der Waals surface area contributed by atoms with E-state index < -0.39 is 0 Å². The SMILES string of the molecule is O=C(NCCCN1CCOCC1)c1cccnc1-c1nc2ccccc2s1. The van der Waals surface area contributed by atoms with Crippen LogP contribution in [0.1, 0.15) is 16.8 Å². The molecule has 4 rings (SSSR count). The first-order valence-corrected chi connectivity index (χ1v) is 10.0. The Morgan fingerprint density at radius 3 is 2.89 bits per heavy atom. The largest absolute Gasteiger partial charge is 0.379 e. The second-order valence-electron chi connectivity index (χ2n) is 6.45. The highest BCUT2D eigenvalue weighted by atomic mass is 32.1. The number of benzene rings is 1. The van der Waals surface area contributed by atoms with E-state index in [0.29, 0.717) is 17.8 Å². The van der Waals surface area contributed by atoms with E-state index in [9.17, 15) is 4.79 Å². The molecule has 0 bridgehead atoms. The number of nitrogens with one attached hydrogen (secondary N) is 1. The third kappa shape index (κ3) is 4.32. The van der Waals surface area contributed by atoms with Crippen LogP contribution in [0.5, 0.6) is 0 Å². The molecule has 27 heavy (non-hydrogen) atoms. The van der Waals surface area contributed by atoms with Gasteiger partial charge in [0.05, 0.1) is 29.0 Å². The molecule has 3 heterocycles. The topological polar surface area (TPSA) is 67.4 Å². The third-order valence-electron chi connectivity index (χ3n) is 4.59. The van der Waals surface area contributed by atoms with Gasteiger partial charge in [0.2, 0.25) is 0 Å². The first kappa shape index (κ1) is 18.0. The molecule has 1 aliphatic rings. The molecular formula is C20H22N4O2S. The number of thiazole rings is 1. The molecule has 2 aromatic heterocycles. The molecule has 140 valence electrons. The molecule has 1 fully saturated rings. The van der Waals surface area contributed by atoms with Crippen LogP contribution in [0, 0.1) is 0 Å². The number of pyridine rings is 1. The Kier molecular flexibility index (Phi) is 5.72. The van der Waals surface area contributed by atoms with Gasteiger partial charge in [-0.3, -0.25) is 14.7 Å². The molecule has 0 radical (unpaired) electrons. The van der Waals surface area contributed by atoms with Crippen molar-refractivity contribution in [3.63, 3.8) is 0 Å². The summed E-state index contributed by atoms with van der Waals surface area (Å²) < 4.78 is 6.45. The van der Waals surface area contributed by atoms with Crippen LogP contribution in [-0.2, 0) is 4.74 Å². The van der Waals surface area contributed by atoms with Crippen molar-refractivity contribution in [2.75, 3.05) is 39.4 Å². The molecule has 0 spiro atoms. The van der Waals surface area contributed by atoms with Crippen LogP contribution in [0.4, 0.5) is 0 Å². The van der Waals surface area contributed by atoms with Gasteiger partial charge in [0.1, 0.15) is 10.7 Å². The van der Waals surface area contributed by atoms with Gasteiger partial charge in [-0.1, -0.05) is 12.1 Å². The van der Waals surface area contributed by atoms with E-state index in [1.807, 2.05) is 30.3 Å². The number of nitrogens with zero attached hydrogens (tertiary/aromatic N) is 3. The molecule has 1 N–H and O–H groups in total. The minimum absolute atomic E-state index is 0.0978. The lowest BCUT2D eigenvalue weighted by Gasteiger charge is -2.26. The highest BCUT2D eigenvalue weighted by molar-refractivity contribution is 7.21. The Hall–Kier alpha value is -2.35. The number of fused-ring (bicyclic) bond motifs is 1. The fourth-order valence-corrected chi connectivity index (χ4v) is 4.13. The number of hydrogen-bond acceptors (Lipinski definition) is 6. The molecule has 1 saturated heterocycles. The monoisotopic (exact) mass is 382 g/mol. The quantitative estimate of drug-likeness (QED) is 0.664. The van der Waals surface area contributed by atoms with E-state index in [2.05, 4.69) is 20.2 Å². The van der Waals surface area contributed by atoms with Crippen LogP contribution >= 0.6 is 11.3 Å². The van der Waals surface area contributed by atoms with E-state index in [4.69, 9.17) is 4.74 Å². The molecule has 3 aromatic rings. The van der Waals surface area contributed by atoms with Crippen molar-refractivity contribution in [3.05, 3.63) is 48.2 Å².